The fourth-order valence-electron chi connectivity index (χ4n) is 3.75. The van der Waals surface area contributed by atoms with Crippen LogP contribution in [0.5, 0.6) is 0 Å². The van der Waals surface area contributed by atoms with Crippen LogP contribution in [-0.2, 0) is 6.42 Å². The van der Waals surface area contributed by atoms with Crippen molar-refractivity contribution in [2.45, 2.75) is 57.5 Å². The molecule has 1 aliphatic heterocycles. The van der Waals surface area contributed by atoms with Gasteiger partial charge in [-0.1, -0.05) is 12.8 Å². The molecule has 1 unspecified atom stereocenters. The SMILES string of the molecule is CCNC(=NCCc1ccco1)NC1CCN(C2CCCC2)C1. The highest BCUT2D eigenvalue weighted by atomic mass is 16.3. The van der Waals surface area contributed by atoms with Crippen molar-refractivity contribution in [3.63, 3.8) is 0 Å². The third-order valence-electron chi connectivity index (χ3n) is 4.95. The van der Waals surface area contributed by atoms with E-state index < -0.39 is 0 Å². The first-order valence-corrected chi connectivity index (χ1v) is 9.16. The molecule has 2 N–H and O–H groups in total. The fourth-order valence-corrected chi connectivity index (χ4v) is 3.75. The summed E-state index contributed by atoms with van der Waals surface area (Å²) in [5.41, 5.74) is 0. The van der Waals surface area contributed by atoms with E-state index in [0.29, 0.717) is 6.04 Å². The van der Waals surface area contributed by atoms with Crippen LogP contribution < -0.4 is 10.6 Å². The van der Waals surface area contributed by atoms with Gasteiger partial charge in [-0.15, -0.1) is 0 Å². The lowest BCUT2D eigenvalue weighted by Gasteiger charge is -2.24. The van der Waals surface area contributed by atoms with E-state index >= 15 is 0 Å². The first kappa shape index (κ1) is 16.4. The zero-order valence-electron chi connectivity index (χ0n) is 14.3. The monoisotopic (exact) mass is 318 g/mol. The second-order valence-corrected chi connectivity index (χ2v) is 6.65. The molecule has 1 aromatic rings. The molecule has 0 spiro atoms. The summed E-state index contributed by atoms with van der Waals surface area (Å²) in [6.07, 6.45) is 9.40. The molecule has 1 atom stereocenters. The van der Waals surface area contributed by atoms with Crippen molar-refractivity contribution >= 4 is 5.96 Å². The average Bonchev–Trinajstić information content (AvgIpc) is 3.30. The Morgan fingerprint density at radius 2 is 2.22 bits per heavy atom. The number of guanidine groups is 1. The Morgan fingerprint density at radius 1 is 1.35 bits per heavy atom. The molecule has 1 aromatic heterocycles. The average molecular weight is 318 g/mol. The lowest BCUT2D eigenvalue weighted by molar-refractivity contribution is 0.242. The molecule has 0 bridgehead atoms. The zero-order valence-corrected chi connectivity index (χ0v) is 14.3. The number of nitrogens with zero attached hydrogens (tertiary/aromatic N) is 2. The number of hydrogen-bond donors (Lipinski definition) is 2. The van der Waals surface area contributed by atoms with E-state index in [1.54, 1.807) is 6.26 Å². The number of aliphatic imine (C=N–C) groups is 1. The van der Waals surface area contributed by atoms with Crippen LogP contribution in [0.25, 0.3) is 0 Å². The Hall–Kier alpha value is -1.49. The molecule has 5 nitrogen and oxygen atoms in total. The van der Waals surface area contributed by atoms with Crippen LogP contribution in [-0.4, -0.2) is 49.1 Å². The standard InChI is InChI=1S/C18H30N4O/c1-2-19-18(20-11-9-17-8-5-13-23-17)21-15-10-12-22(14-15)16-6-3-4-7-16/h5,8,13,15-16H,2-4,6-7,9-12,14H2,1H3,(H2,19,20,21). The van der Waals surface area contributed by atoms with Crippen LogP contribution in [0.3, 0.4) is 0 Å². The molecular weight excluding hydrogens is 288 g/mol. The summed E-state index contributed by atoms with van der Waals surface area (Å²) in [7, 11) is 0. The van der Waals surface area contributed by atoms with Crippen LogP contribution in [0.2, 0.25) is 0 Å². The van der Waals surface area contributed by atoms with Gasteiger partial charge in [-0.25, -0.2) is 0 Å². The Morgan fingerprint density at radius 3 is 2.96 bits per heavy atom. The molecule has 0 radical (unpaired) electrons. The molecule has 23 heavy (non-hydrogen) atoms. The number of furan rings is 1. The van der Waals surface area contributed by atoms with Crippen LogP contribution in [0.4, 0.5) is 0 Å². The maximum absolute atomic E-state index is 5.36. The summed E-state index contributed by atoms with van der Waals surface area (Å²) in [6, 6.07) is 5.29. The summed E-state index contributed by atoms with van der Waals surface area (Å²) in [6.45, 7) is 6.15. The lowest BCUT2D eigenvalue weighted by atomic mass is 10.2. The van der Waals surface area contributed by atoms with Crippen molar-refractivity contribution in [2.75, 3.05) is 26.2 Å². The Bertz CT molecular complexity index is 479. The molecule has 1 saturated carbocycles. The quantitative estimate of drug-likeness (QED) is 0.625. The van der Waals surface area contributed by atoms with Crippen molar-refractivity contribution in [2.24, 2.45) is 4.99 Å². The molecule has 2 aliphatic rings. The van der Waals surface area contributed by atoms with Gasteiger partial charge in [-0.2, -0.15) is 0 Å². The molecule has 2 fully saturated rings. The van der Waals surface area contributed by atoms with Gasteiger partial charge in [0.1, 0.15) is 5.76 Å². The molecule has 128 valence electrons. The van der Waals surface area contributed by atoms with Gasteiger partial charge in [0.15, 0.2) is 5.96 Å². The summed E-state index contributed by atoms with van der Waals surface area (Å²) < 4.78 is 5.36. The highest BCUT2D eigenvalue weighted by Gasteiger charge is 2.30. The van der Waals surface area contributed by atoms with Crippen LogP contribution in [0.15, 0.2) is 27.8 Å². The zero-order chi connectivity index (χ0) is 15.9. The minimum atomic E-state index is 0.525. The number of rotatable bonds is 6. The highest BCUT2D eigenvalue weighted by Crippen LogP contribution is 2.26. The summed E-state index contributed by atoms with van der Waals surface area (Å²) in [5, 5.41) is 6.98. The van der Waals surface area contributed by atoms with E-state index in [2.05, 4.69) is 22.5 Å². The molecule has 0 amide bonds. The van der Waals surface area contributed by atoms with E-state index in [4.69, 9.17) is 9.41 Å². The van der Waals surface area contributed by atoms with Crippen molar-refractivity contribution in [3.8, 4) is 0 Å². The van der Waals surface area contributed by atoms with Gasteiger partial charge < -0.3 is 15.1 Å². The first-order chi connectivity index (χ1) is 11.3. The maximum Gasteiger partial charge on any atom is 0.191 e. The second kappa shape index (κ2) is 8.39. The molecule has 1 saturated heterocycles. The largest absolute Gasteiger partial charge is 0.469 e. The number of likely N-dealkylation sites (tertiary alicyclic amines) is 1. The Balaban J connectivity index is 1.46. The maximum atomic E-state index is 5.36. The van der Waals surface area contributed by atoms with E-state index in [1.807, 2.05) is 12.1 Å². The molecule has 2 heterocycles. The van der Waals surface area contributed by atoms with Gasteiger partial charge in [0, 0.05) is 44.7 Å². The first-order valence-electron chi connectivity index (χ1n) is 9.16. The number of hydrogen-bond acceptors (Lipinski definition) is 3. The van der Waals surface area contributed by atoms with E-state index in [9.17, 15) is 0 Å². The van der Waals surface area contributed by atoms with Gasteiger partial charge in [-0.3, -0.25) is 9.89 Å². The minimum Gasteiger partial charge on any atom is -0.469 e. The predicted octanol–water partition coefficient (Wildman–Crippen LogP) is 2.39. The molecule has 0 aromatic carbocycles. The summed E-state index contributed by atoms with van der Waals surface area (Å²) >= 11 is 0. The van der Waals surface area contributed by atoms with E-state index in [0.717, 1.165) is 43.8 Å². The van der Waals surface area contributed by atoms with Gasteiger partial charge >= 0.3 is 0 Å². The molecule has 5 heteroatoms. The third kappa shape index (κ3) is 4.74. The Labute approximate surface area is 139 Å². The van der Waals surface area contributed by atoms with Crippen molar-refractivity contribution < 1.29 is 4.42 Å². The van der Waals surface area contributed by atoms with Crippen molar-refractivity contribution in [1.29, 1.82) is 0 Å². The van der Waals surface area contributed by atoms with Crippen LogP contribution in [0.1, 0.15) is 44.8 Å². The highest BCUT2D eigenvalue weighted by molar-refractivity contribution is 5.80. The van der Waals surface area contributed by atoms with Gasteiger partial charge in [0.25, 0.3) is 0 Å². The summed E-state index contributed by atoms with van der Waals surface area (Å²) in [5.74, 6) is 1.94. The normalized spacial score (nSPS) is 23.5. The third-order valence-corrected chi connectivity index (χ3v) is 4.95. The smallest absolute Gasteiger partial charge is 0.191 e. The van der Waals surface area contributed by atoms with Gasteiger partial charge in [0.2, 0.25) is 0 Å². The molecular formula is C18H30N4O. The number of nitrogens with one attached hydrogen (secondary N) is 2. The lowest BCUT2D eigenvalue weighted by Crippen LogP contribution is -2.45. The van der Waals surface area contributed by atoms with Crippen LogP contribution >= 0.6 is 0 Å². The Kier molecular flexibility index (Phi) is 5.97. The van der Waals surface area contributed by atoms with Crippen LogP contribution in [0, 0.1) is 0 Å². The predicted molar refractivity (Wildman–Crippen MR) is 93.8 cm³/mol. The van der Waals surface area contributed by atoms with Gasteiger partial charge in [0.05, 0.1) is 6.26 Å². The second-order valence-electron chi connectivity index (χ2n) is 6.65. The van der Waals surface area contributed by atoms with E-state index in [-0.39, 0.29) is 0 Å². The topological polar surface area (TPSA) is 52.8 Å². The van der Waals surface area contributed by atoms with Crippen molar-refractivity contribution in [1.82, 2.24) is 15.5 Å². The fraction of sp³-hybridized carbons (Fsp3) is 0.722. The van der Waals surface area contributed by atoms with E-state index in [1.165, 1.54) is 38.6 Å². The van der Waals surface area contributed by atoms with Gasteiger partial charge in [-0.05, 0) is 38.3 Å². The molecule has 3 rings (SSSR count). The minimum absolute atomic E-state index is 0.525. The molecule has 1 aliphatic carbocycles. The van der Waals surface area contributed by atoms with Crippen molar-refractivity contribution in [3.05, 3.63) is 24.2 Å². The summed E-state index contributed by atoms with van der Waals surface area (Å²) in [4.78, 5) is 7.37.